The number of aryl methyl sites for hydroxylation is 1. The van der Waals surface area contributed by atoms with E-state index >= 15 is 0 Å². The van der Waals surface area contributed by atoms with Crippen molar-refractivity contribution in [2.45, 2.75) is 20.0 Å². The van der Waals surface area contributed by atoms with Crippen molar-refractivity contribution in [3.05, 3.63) is 75.7 Å². The monoisotopic (exact) mass is 372 g/mol. The number of halogens is 2. The van der Waals surface area contributed by atoms with Crippen molar-refractivity contribution in [2.24, 2.45) is 7.05 Å². The Kier molecular flexibility index (Phi) is 5.44. The molecule has 0 saturated heterocycles. The van der Waals surface area contributed by atoms with Crippen molar-refractivity contribution >= 4 is 6.08 Å². The minimum Gasteiger partial charge on any atom is -0.488 e. The zero-order valence-corrected chi connectivity index (χ0v) is 14.8. The van der Waals surface area contributed by atoms with E-state index in [2.05, 4.69) is 10.4 Å². The third kappa shape index (κ3) is 3.79. The molecule has 8 heteroatoms. The molecule has 0 aliphatic heterocycles. The van der Waals surface area contributed by atoms with Crippen molar-refractivity contribution in [3.63, 3.8) is 0 Å². The normalized spacial score (nSPS) is 11.4. The molecule has 3 aromatic rings. The van der Waals surface area contributed by atoms with E-state index in [0.717, 1.165) is 14.9 Å². The summed E-state index contributed by atoms with van der Waals surface area (Å²) in [4.78, 5) is 12.3. The second-order valence-electron chi connectivity index (χ2n) is 5.77. The summed E-state index contributed by atoms with van der Waals surface area (Å²) in [5.41, 5.74) is 1.32. The summed E-state index contributed by atoms with van der Waals surface area (Å²) in [5.74, 6) is 0.0974. The van der Waals surface area contributed by atoms with Crippen molar-refractivity contribution in [1.29, 1.82) is 0 Å². The lowest BCUT2D eigenvalue weighted by atomic mass is 10.1. The van der Waals surface area contributed by atoms with Gasteiger partial charge in [0.2, 0.25) is 0 Å². The van der Waals surface area contributed by atoms with Gasteiger partial charge in [0.1, 0.15) is 12.4 Å². The summed E-state index contributed by atoms with van der Waals surface area (Å²) in [5, 5.41) is 7.59. The Balaban J connectivity index is 2.04. The van der Waals surface area contributed by atoms with Crippen molar-refractivity contribution in [2.75, 3.05) is 0 Å². The van der Waals surface area contributed by atoms with Crippen molar-refractivity contribution in [1.82, 2.24) is 19.8 Å². The molecule has 140 valence electrons. The number of allylic oxidation sites excluding steroid dienone is 1. The number of rotatable bonds is 6. The summed E-state index contributed by atoms with van der Waals surface area (Å²) >= 11 is 0. The number of para-hydroxylation sites is 1. The van der Waals surface area contributed by atoms with Gasteiger partial charge in [-0.2, -0.15) is 9.36 Å². The number of tetrazole rings is 1. The van der Waals surface area contributed by atoms with Gasteiger partial charge in [0.25, 0.3) is 6.43 Å². The van der Waals surface area contributed by atoms with Crippen LogP contribution in [-0.2, 0) is 13.7 Å². The van der Waals surface area contributed by atoms with Crippen LogP contribution in [-0.4, -0.2) is 19.8 Å². The molecule has 0 unspecified atom stereocenters. The Hall–Kier alpha value is -3.29. The fourth-order valence-corrected chi connectivity index (χ4v) is 2.69. The van der Waals surface area contributed by atoms with Gasteiger partial charge in [-0.1, -0.05) is 36.4 Å². The standard InChI is InChI=1S/C19H18F2N4O2/c1-3-7-13-8-6-10-16(25-19(26)24(2)22-23-25)15(13)12-27-17-11-5-4-9-14(17)18(20)21/h3-11,18H,12H2,1-2H3/b7-3+. The summed E-state index contributed by atoms with van der Waals surface area (Å²) in [7, 11) is 1.50. The highest BCUT2D eigenvalue weighted by Gasteiger charge is 2.17. The molecule has 0 aliphatic carbocycles. The third-order valence-corrected chi connectivity index (χ3v) is 4.01. The van der Waals surface area contributed by atoms with E-state index in [0.29, 0.717) is 11.3 Å². The Morgan fingerprint density at radius 3 is 2.59 bits per heavy atom. The van der Waals surface area contributed by atoms with Gasteiger partial charge in [-0.3, -0.25) is 0 Å². The van der Waals surface area contributed by atoms with E-state index in [-0.39, 0.29) is 17.9 Å². The molecule has 0 atom stereocenters. The first-order valence-electron chi connectivity index (χ1n) is 8.26. The van der Waals surface area contributed by atoms with Crippen LogP contribution in [0.3, 0.4) is 0 Å². The molecule has 0 amide bonds. The molecule has 2 aromatic carbocycles. The fourth-order valence-electron chi connectivity index (χ4n) is 2.69. The van der Waals surface area contributed by atoms with E-state index in [4.69, 9.17) is 4.74 Å². The maximum Gasteiger partial charge on any atom is 0.368 e. The maximum absolute atomic E-state index is 13.2. The van der Waals surface area contributed by atoms with Crippen LogP contribution in [0.4, 0.5) is 8.78 Å². The number of benzene rings is 2. The highest BCUT2D eigenvalue weighted by atomic mass is 19.3. The molecule has 27 heavy (non-hydrogen) atoms. The number of hydrogen-bond acceptors (Lipinski definition) is 4. The van der Waals surface area contributed by atoms with E-state index in [9.17, 15) is 13.6 Å². The second kappa shape index (κ2) is 7.94. The Morgan fingerprint density at radius 2 is 1.93 bits per heavy atom. The lowest BCUT2D eigenvalue weighted by molar-refractivity contribution is 0.144. The van der Waals surface area contributed by atoms with Gasteiger partial charge in [-0.05, 0) is 41.1 Å². The van der Waals surface area contributed by atoms with Crippen molar-refractivity contribution < 1.29 is 13.5 Å². The molecule has 0 saturated carbocycles. The summed E-state index contributed by atoms with van der Waals surface area (Å²) in [6.07, 6.45) is 1.05. The first-order valence-corrected chi connectivity index (χ1v) is 8.26. The number of hydrogen-bond donors (Lipinski definition) is 0. The lowest BCUT2D eigenvalue weighted by Crippen LogP contribution is -2.23. The Labute approximate surface area is 154 Å². The molecule has 0 spiro atoms. The maximum atomic E-state index is 13.2. The molecule has 1 aromatic heterocycles. The van der Waals surface area contributed by atoms with E-state index in [1.165, 1.54) is 25.2 Å². The van der Waals surface area contributed by atoms with Gasteiger partial charge in [0.05, 0.1) is 11.3 Å². The van der Waals surface area contributed by atoms with Gasteiger partial charge in [-0.25, -0.2) is 13.6 Å². The zero-order valence-electron chi connectivity index (χ0n) is 14.8. The molecule has 0 aliphatic rings. The molecule has 3 rings (SSSR count). The van der Waals surface area contributed by atoms with E-state index in [1.807, 2.05) is 25.1 Å². The van der Waals surface area contributed by atoms with E-state index in [1.54, 1.807) is 18.2 Å². The molecule has 0 fully saturated rings. The number of alkyl halides is 2. The zero-order chi connectivity index (χ0) is 19.4. The van der Waals surface area contributed by atoms with Crippen LogP contribution in [0.25, 0.3) is 11.8 Å². The van der Waals surface area contributed by atoms with Crippen LogP contribution in [0.5, 0.6) is 5.75 Å². The molecular weight excluding hydrogens is 354 g/mol. The van der Waals surface area contributed by atoms with Gasteiger partial charge in [0, 0.05) is 12.6 Å². The SMILES string of the molecule is C/C=C/c1cccc(-n2nnn(C)c2=O)c1COc1ccccc1C(F)F. The molecule has 0 radical (unpaired) electrons. The largest absolute Gasteiger partial charge is 0.488 e. The highest BCUT2D eigenvalue weighted by Crippen LogP contribution is 2.30. The van der Waals surface area contributed by atoms with Crippen LogP contribution in [0.15, 0.2) is 53.3 Å². The van der Waals surface area contributed by atoms with Gasteiger partial charge in [-0.15, -0.1) is 0 Å². The van der Waals surface area contributed by atoms with Crippen LogP contribution in [0.1, 0.15) is 30.0 Å². The summed E-state index contributed by atoms with van der Waals surface area (Å²) in [6.45, 7) is 1.85. The number of ether oxygens (including phenoxy) is 1. The van der Waals surface area contributed by atoms with Gasteiger partial charge in [0.15, 0.2) is 0 Å². The second-order valence-corrected chi connectivity index (χ2v) is 5.77. The fraction of sp³-hybridized carbons (Fsp3) is 0.211. The van der Waals surface area contributed by atoms with Crippen LogP contribution >= 0.6 is 0 Å². The molecule has 1 heterocycles. The predicted octanol–water partition coefficient (Wildman–Crippen LogP) is 3.52. The van der Waals surface area contributed by atoms with E-state index < -0.39 is 12.1 Å². The summed E-state index contributed by atoms with van der Waals surface area (Å²) in [6, 6.07) is 11.3. The van der Waals surface area contributed by atoms with Gasteiger partial charge >= 0.3 is 5.69 Å². The Bertz CT molecular complexity index is 1020. The lowest BCUT2D eigenvalue weighted by Gasteiger charge is -2.15. The number of aromatic nitrogens is 4. The summed E-state index contributed by atoms with van der Waals surface area (Å²) < 4.78 is 34.4. The first kappa shape index (κ1) is 18.5. The van der Waals surface area contributed by atoms with Crippen molar-refractivity contribution in [3.8, 4) is 11.4 Å². The van der Waals surface area contributed by atoms with Gasteiger partial charge < -0.3 is 4.74 Å². The third-order valence-electron chi connectivity index (χ3n) is 4.01. The highest BCUT2D eigenvalue weighted by molar-refractivity contribution is 5.59. The smallest absolute Gasteiger partial charge is 0.368 e. The average Bonchev–Trinajstić information content (AvgIpc) is 2.99. The average molecular weight is 372 g/mol. The minimum absolute atomic E-state index is 0.0113. The molecule has 6 nitrogen and oxygen atoms in total. The predicted molar refractivity (Wildman–Crippen MR) is 97.0 cm³/mol. The molecule has 0 N–H and O–H groups in total. The quantitative estimate of drug-likeness (QED) is 0.664. The molecule has 0 bridgehead atoms. The minimum atomic E-state index is -2.64. The van der Waals surface area contributed by atoms with Crippen LogP contribution in [0.2, 0.25) is 0 Å². The number of nitrogens with zero attached hydrogens (tertiary/aromatic N) is 4. The molecular formula is C19H18F2N4O2. The van der Waals surface area contributed by atoms with Crippen LogP contribution < -0.4 is 10.4 Å². The van der Waals surface area contributed by atoms with Crippen LogP contribution in [0, 0.1) is 0 Å². The Morgan fingerprint density at radius 1 is 1.15 bits per heavy atom. The topological polar surface area (TPSA) is 61.9 Å². The first-order chi connectivity index (χ1) is 13.0.